The number of methoxy groups -OCH3 is 3. The molecule has 0 fully saturated rings. The van der Waals surface area contributed by atoms with E-state index in [-0.39, 0.29) is 29.5 Å². The molecule has 0 bridgehead atoms. The van der Waals surface area contributed by atoms with E-state index in [4.69, 9.17) is 19.9 Å². The van der Waals surface area contributed by atoms with Crippen LogP contribution in [0.5, 0.6) is 5.75 Å². The lowest BCUT2D eigenvalue weighted by Crippen LogP contribution is -2.55. The van der Waals surface area contributed by atoms with Crippen LogP contribution in [0.25, 0.3) is 0 Å². The summed E-state index contributed by atoms with van der Waals surface area (Å²) in [5.74, 6) is 6.20. The van der Waals surface area contributed by atoms with Crippen LogP contribution in [-0.2, 0) is 20.7 Å². The maximum Gasteiger partial charge on any atom is 0.408 e. The first-order valence-electron chi connectivity index (χ1n) is 12.7. The summed E-state index contributed by atoms with van der Waals surface area (Å²) in [5, 5.41) is 2.62. The van der Waals surface area contributed by atoms with E-state index >= 15 is 0 Å². The number of aliphatic imine (C=N–C) groups is 1. The molecule has 11 heteroatoms. The number of amides is 1. The number of benzene rings is 1. The summed E-state index contributed by atoms with van der Waals surface area (Å²) in [6, 6.07) is 7.29. The SMILES string of the molecule is COC(=O)NC(C#Cc1cncc(C2=NC(N)SC2)c1)(CC(C)C1CC(=O)c2cc(OC)ccc2C1)C(=O)OC. The number of ketones is 1. The summed E-state index contributed by atoms with van der Waals surface area (Å²) in [5.41, 5.74) is 7.51. The summed E-state index contributed by atoms with van der Waals surface area (Å²) in [6.45, 7) is 1.94. The number of alkyl carbamates (subject to hydrolysis) is 1. The predicted octanol–water partition coefficient (Wildman–Crippen LogP) is 2.96. The molecule has 1 aromatic heterocycles. The fourth-order valence-electron chi connectivity index (χ4n) is 4.99. The maximum atomic E-state index is 13.2. The summed E-state index contributed by atoms with van der Waals surface area (Å²) in [7, 11) is 4.00. The number of carbonyl (C=O) groups is 3. The molecule has 0 saturated carbocycles. The lowest BCUT2D eigenvalue weighted by Gasteiger charge is -2.34. The van der Waals surface area contributed by atoms with Crippen LogP contribution in [0.3, 0.4) is 0 Å². The normalized spacial score (nSPS) is 20.1. The summed E-state index contributed by atoms with van der Waals surface area (Å²) < 4.78 is 15.2. The van der Waals surface area contributed by atoms with E-state index in [2.05, 4.69) is 27.1 Å². The Labute approximate surface area is 237 Å². The highest BCUT2D eigenvalue weighted by Gasteiger charge is 2.44. The molecule has 0 radical (unpaired) electrons. The minimum absolute atomic E-state index is 0.00303. The van der Waals surface area contributed by atoms with Crippen molar-refractivity contribution < 1.29 is 28.6 Å². The van der Waals surface area contributed by atoms with Gasteiger partial charge in [-0.1, -0.05) is 24.8 Å². The standard InChI is InChI=1S/C29H32N4O6S/c1-17(20-10-19-5-6-22(37-2)12-23(19)25(34)11-20)13-29(26(35)38-3,33-28(36)39-4)8-7-18-9-21(15-31-14-18)24-16-40-27(30)32-24/h5-6,9,12,14-15,17,20,27H,10-11,13,16,30H2,1-4H3,(H,33,36). The molecule has 4 rings (SSSR count). The zero-order valence-corrected chi connectivity index (χ0v) is 23.7. The first-order chi connectivity index (χ1) is 19.2. The van der Waals surface area contributed by atoms with Crippen molar-refractivity contribution in [2.75, 3.05) is 27.1 Å². The smallest absolute Gasteiger partial charge is 0.408 e. The Morgan fingerprint density at radius 1 is 1.20 bits per heavy atom. The second-order valence-electron chi connectivity index (χ2n) is 9.80. The molecule has 4 unspecified atom stereocenters. The Bertz CT molecular complexity index is 1400. The molecule has 1 aliphatic carbocycles. The number of hydrogen-bond acceptors (Lipinski definition) is 10. The number of hydrogen-bond donors (Lipinski definition) is 2. The van der Waals surface area contributed by atoms with Gasteiger partial charge in [-0.15, -0.1) is 11.8 Å². The van der Waals surface area contributed by atoms with Gasteiger partial charge < -0.3 is 19.9 Å². The number of carbonyl (C=O) groups excluding carboxylic acids is 3. The minimum atomic E-state index is -1.73. The first kappa shape index (κ1) is 29.1. The Morgan fingerprint density at radius 3 is 2.67 bits per heavy atom. The van der Waals surface area contributed by atoms with Crippen LogP contribution in [0.2, 0.25) is 0 Å². The summed E-state index contributed by atoms with van der Waals surface area (Å²) in [6.07, 6.45) is 3.42. The fraction of sp³-hybridized carbons (Fsp3) is 0.414. The predicted molar refractivity (Wildman–Crippen MR) is 151 cm³/mol. The highest BCUT2D eigenvalue weighted by Crippen LogP contribution is 2.36. The number of rotatable bonds is 7. The summed E-state index contributed by atoms with van der Waals surface area (Å²) in [4.78, 5) is 47.4. The van der Waals surface area contributed by atoms with Gasteiger partial charge in [-0.2, -0.15) is 0 Å². The molecule has 1 amide bonds. The highest BCUT2D eigenvalue weighted by atomic mass is 32.2. The molecule has 0 spiro atoms. The number of thioether (sulfide) groups is 1. The average Bonchev–Trinajstić information content (AvgIpc) is 3.41. The molecule has 40 heavy (non-hydrogen) atoms. The van der Waals surface area contributed by atoms with Crippen LogP contribution in [-0.4, -0.2) is 66.7 Å². The van der Waals surface area contributed by atoms with Crippen molar-refractivity contribution in [3.8, 4) is 17.6 Å². The third kappa shape index (κ3) is 6.46. The first-order valence-corrected chi connectivity index (χ1v) is 13.8. The lowest BCUT2D eigenvalue weighted by molar-refractivity contribution is -0.146. The number of esters is 1. The molecular formula is C29H32N4O6S. The molecular weight excluding hydrogens is 532 g/mol. The van der Waals surface area contributed by atoms with Gasteiger partial charge in [-0.05, 0) is 48.4 Å². The van der Waals surface area contributed by atoms with Gasteiger partial charge in [0.2, 0.25) is 5.54 Å². The van der Waals surface area contributed by atoms with Crippen LogP contribution >= 0.6 is 11.8 Å². The van der Waals surface area contributed by atoms with Crippen molar-refractivity contribution in [1.29, 1.82) is 0 Å². The number of aromatic nitrogens is 1. The molecule has 10 nitrogen and oxygen atoms in total. The zero-order valence-electron chi connectivity index (χ0n) is 22.9. The van der Waals surface area contributed by atoms with Crippen LogP contribution in [0.15, 0.2) is 41.7 Å². The summed E-state index contributed by atoms with van der Waals surface area (Å²) >= 11 is 1.52. The van der Waals surface area contributed by atoms with Crippen molar-refractivity contribution in [1.82, 2.24) is 10.3 Å². The van der Waals surface area contributed by atoms with Gasteiger partial charge in [0.15, 0.2) is 5.78 Å². The molecule has 210 valence electrons. The van der Waals surface area contributed by atoms with Gasteiger partial charge in [-0.3, -0.25) is 20.1 Å². The third-order valence-corrected chi connectivity index (χ3v) is 8.07. The van der Waals surface area contributed by atoms with Crippen molar-refractivity contribution in [2.24, 2.45) is 22.6 Å². The molecule has 3 N–H and O–H groups in total. The largest absolute Gasteiger partial charge is 0.497 e. The zero-order chi connectivity index (χ0) is 28.9. The van der Waals surface area contributed by atoms with E-state index in [0.717, 1.165) is 16.8 Å². The Balaban J connectivity index is 1.65. The van der Waals surface area contributed by atoms with Crippen LogP contribution in [0, 0.1) is 23.7 Å². The number of fused-ring (bicyclic) bond motifs is 1. The Morgan fingerprint density at radius 2 is 2.00 bits per heavy atom. The van der Waals surface area contributed by atoms with Gasteiger partial charge in [0, 0.05) is 41.3 Å². The van der Waals surface area contributed by atoms with Crippen LogP contribution < -0.4 is 15.8 Å². The maximum absolute atomic E-state index is 13.2. The van der Waals surface area contributed by atoms with E-state index in [1.165, 1.54) is 26.0 Å². The number of nitrogens with two attached hydrogens (primary N) is 1. The van der Waals surface area contributed by atoms with E-state index in [1.54, 1.807) is 25.6 Å². The third-order valence-electron chi connectivity index (χ3n) is 7.18. The molecule has 0 saturated heterocycles. The second kappa shape index (κ2) is 12.5. The van der Waals surface area contributed by atoms with Gasteiger partial charge in [0.05, 0.1) is 27.0 Å². The van der Waals surface area contributed by atoms with Gasteiger partial charge >= 0.3 is 12.1 Å². The molecule has 1 aliphatic heterocycles. The van der Waals surface area contributed by atoms with E-state index < -0.39 is 17.6 Å². The number of nitrogens with zero attached hydrogens (tertiary/aromatic N) is 2. The molecule has 2 aliphatic rings. The van der Waals surface area contributed by atoms with Crippen molar-refractivity contribution >= 4 is 35.3 Å². The number of pyridine rings is 1. The molecule has 2 heterocycles. The van der Waals surface area contributed by atoms with Gasteiger partial charge in [0.1, 0.15) is 11.2 Å². The average molecular weight is 565 g/mol. The Kier molecular flexibility index (Phi) is 9.12. The molecule has 4 atom stereocenters. The monoisotopic (exact) mass is 564 g/mol. The second-order valence-corrected chi connectivity index (χ2v) is 10.9. The van der Waals surface area contributed by atoms with Crippen molar-refractivity contribution in [3.63, 3.8) is 0 Å². The van der Waals surface area contributed by atoms with Gasteiger partial charge in [-0.25, -0.2) is 9.59 Å². The number of nitrogens with one attached hydrogen (secondary N) is 1. The topological polar surface area (TPSA) is 142 Å². The molecule has 1 aromatic carbocycles. The van der Waals surface area contributed by atoms with Gasteiger partial charge in [0.25, 0.3) is 0 Å². The minimum Gasteiger partial charge on any atom is -0.497 e. The fourth-order valence-corrected chi connectivity index (χ4v) is 5.76. The number of ether oxygens (including phenoxy) is 3. The van der Waals surface area contributed by atoms with E-state index in [9.17, 15) is 14.4 Å². The van der Waals surface area contributed by atoms with E-state index in [0.29, 0.717) is 35.5 Å². The highest BCUT2D eigenvalue weighted by molar-refractivity contribution is 8.00. The molecule has 2 aromatic rings. The Hall–Kier alpha value is -3.88. The van der Waals surface area contributed by atoms with Crippen LogP contribution in [0.4, 0.5) is 4.79 Å². The van der Waals surface area contributed by atoms with Crippen molar-refractivity contribution in [3.05, 3.63) is 58.9 Å². The number of Topliss-reactive ketones (excluding diaryl/α,β-unsaturated/α-hetero) is 1. The van der Waals surface area contributed by atoms with Crippen molar-refractivity contribution in [2.45, 2.75) is 37.2 Å². The van der Waals surface area contributed by atoms with E-state index in [1.807, 2.05) is 25.1 Å². The quantitative estimate of drug-likeness (QED) is 0.383. The lowest BCUT2D eigenvalue weighted by atomic mass is 9.73. The van der Waals surface area contributed by atoms with Crippen LogP contribution in [0.1, 0.15) is 46.8 Å².